The van der Waals surface area contributed by atoms with E-state index in [1.807, 2.05) is 28.7 Å². The molecule has 2 aromatic heterocycles. The van der Waals surface area contributed by atoms with Gasteiger partial charge in [0.15, 0.2) is 10.8 Å². The molecule has 0 unspecified atom stereocenters. The first-order valence-electron chi connectivity index (χ1n) is 9.99. The van der Waals surface area contributed by atoms with Crippen molar-refractivity contribution in [3.8, 4) is 6.07 Å². The van der Waals surface area contributed by atoms with Crippen LogP contribution in [-0.2, 0) is 4.79 Å². The zero-order chi connectivity index (χ0) is 20.6. The number of carbonyl (C=O) groups is 1. The molecule has 1 fully saturated rings. The number of aromatic nitrogens is 3. The maximum atomic E-state index is 12.9. The summed E-state index contributed by atoms with van der Waals surface area (Å²) in [5.74, 6) is 0.811. The van der Waals surface area contributed by atoms with E-state index in [4.69, 9.17) is 0 Å². The lowest BCUT2D eigenvalue weighted by Crippen LogP contribution is -2.51. The van der Waals surface area contributed by atoms with Crippen molar-refractivity contribution in [3.63, 3.8) is 0 Å². The largest absolute Gasteiger partial charge is 0.326 e. The van der Waals surface area contributed by atoms with Crippen LogP contribution in [0.25, 0.3) is 16.6 Å². The molecule has 0 bridgehead atoms. The SMILES string of the molecule is Cc1cc2nnc(SCC(=O)N(C)C3(C#N)CCC(C)CC3)n2c2ccccc12. The van der Waals surface area contributed by atoms with Crippen molar-refractivity contribution < 1.29 is 4.79 Å². The van der Waals surface area contributed by atoms with Gasteiger partial charge in [-0.05, 0) is 56.2 Å². The highest BCUT2D eigenvalue weighted by molar-refractivity contribution is 7.99. The second-order valence-electron chi connectivity index (χ2n) is 8.09. The number of amides is 1. The van der Waals surface area contributed by atoms with Gasteiger partial charge in [-0.1, -0.05) is 36.9 Å². The Balaban J connectivity index is 1.56. The first kappa shape index (κ1) is 19.7. The molecular weight excluding hydrogens is 382 g/mol. The van der Waals surface area contributed by atoms with Crippen molar-refractivity contribution in [1.29, 1.82) is 5.26 Å². The molecule has 0 aliphatic heterocycles. The van der Waals surface area contributed by atoms with Gasteiger partial charge in [-0.3, -0.25) is 9.20 Å². The number of pyridine rings is 1. The van der Waals surface area contributed by atoms with Crippen molar-refractivity contribution in [2.24, 2.45) is 5.92 Å². The van der Waals surface area contributed by atoms with Crippen LogP contribution in [0.5, 0.6) is 0 Å². The van der Waals surface area contributed by atoms with E-state index >= 15 is 0 Å². The Labute approximate surface area is 174 Å². The van der Waals surface area contributed by atoms with Gasteiger partial charge in [0.05, 0.1) is 17.3 Å². The summed E-state index contributed by atoms with van der Waals surface area (Å²) < 4.78 is 2.00. The maximum Gasteiger partial charge on any atom is 0.234 e. The fraction of sp³-hybridized carbons (Fsp3) is 0.455. The van der Waals surface area contributed by atoms with Gasteiger partial charge < -0.3 is 4.90 Å². The molecule has 0 saturated heterocycles. The van der Waals surface area contributed by atoms with Crippen LogP contribution in [0.4, 0.5) is 0 Å². The predicted octanol–water partition coefficient (Wildman–Crippen LogP) is 4.21. The van der Waals surface area contributed by atoms with Crippen LogP contribution >= 0.6 is 11.8 Å². The van der Waals surface area contributed by atoms with Crippen molar-refractivity contribution in [2.45, 2.75) is 50.2 Å². The molecule has 4 rings (SSSR count). The molecule has 0 spiro atoms. The molecule has 1 aliphatic carbocycles. The smallest absolute Gasteiger partial charge is 0.234 e. The molecule has 6 nitrogen and oxygen atoms in total. The standard InChI is InChI=1S/C22H25N5OS/c1-15-8-10-22(14-23,11-9-15)26(3)20(28)13-29-21-25-24-19-12-16(2)17-6-4-5-7-18(17)27(19)21/h4-7,12,15H,8-11,13H2,1-3H3. The Morgan fingerprint density at radius 1 is 1.34 bits per heavy atom. The van der Waals surface area contributed by atoms with E-state index in [0.29, 0.717) is 11.1 Å². The van der Waals surface area contributed by atoms with Crippen LogP contribution < -0.4 is 0 Å². The number of benzene rings is 1. The lowest BCUT2D eigenvalue weighted by Gasteiger charge is -2.40. The third kappa shape index (κ3) is 3.46. The highest BCUT2D eigenvalue weighted by Crippen LogP contribution is 2.36. The minimum Gasteiger partial charge on any atom is -0.326 e. The minimum absolute atomic E-state index is 0.0423. The fourth-order valence-electron chi connectivity index (χ4n) is 4.19. The molecule has 3 aromatic rings. The summed E-state index contributed by atoms with van der Waals surface area (Å²) in [6.07, 6.45) is 3.46. The Morgan fingerprint density at radius 3 is 2.79 bits per heavy atom. The summed E-state index contributed by atoms with van der Waals surface area (Å²) in [5, 5.41) is 20.3. The van der Waals surface area contributed by atoms with Crippen LogP contribution in [-0.4, -0.2) is 43.7 Å². The number of nitriles is 1. The van der Waals surface area contributed by atoms with Gasteiger partial charge >= 0.3 is 0 Å². The number of fused-ring (bicyclic) bond motifs is 3. The van der Waals surface area contributed by atoms with Crippen LogP contribution in [0.15, 0.2) is 35.5 Å². The van der Waals surface area contributed by atoms with Gasteiger partial charge in [0, 0.05) is 12.4 Å². The van der Waals surface area contributed by atoms with E-state index in [-0.39, 0.29) is 11.7 Å². The molecule has 0 N–H and O–H groups in total. The second kappa shape index (κ2) is 7.68. The minimum atomic E-state index is -0.680. The number of hydrogen-bond donors (Lipinski definition) is 0. The van der Waals surface area contributed by atoms with Crippen molar-refractivity contribution in [2.75, 3.05) is 12.8 Å². The molecule has 0 radical (unpaired) electrons. The molecule has 1 aromatic carbocycles. The Hall–Kier alpha value is -2.59. The van der Waals surface area contributed by atoms with Crippen molar-refractivity contribution in [3.05, 3.63) is 35.9 Å². The van der Waals surface area contributed by atoms with E-state index in [9.17, 15) is 10.1 Å². The van der Waals surface area contributed by atoms with Crippen LogP contribution in [0.1, 0.15) is 38.2 Å². The molecule has 0 atom stereocenters. The monoisotopic (exact) mass is 407 g/mol. The van der Waals surface area contributed by atoms with Crippen molar-refractivity contribution in [1.82, 2.24) is 19.5 Å². The van der Waals surface area contributed by atoms with E-state index in [0.717, 1.165) is 47.8 Å². The lowest BCUT2D eigenvalue weighted by molar-refractivity contribution is -0.132. The molecule has 1 amide bonds. The van der Waals surface area contributed by atoms with Gasteiger partial charge in [-0.15, -0.1) is 10.2 Å². The Kier molecular flexibility index (Phi) is 5.22. The van der Waals surface area contributed by atoms with Crippen LogP contribution in [0.3, 0.4) is 0 Å². The number of rotatable bonds is 4. The molecule has 150 valence electrons. The molecular formula is C22H25N5OS. The molecule has 1 aliphatic rings. The molecule has 2 heterocycles. The number of para-hydroxylation sites is 1. The van der Waals surface area contributed by atoms with Crippen LogP contribution in [0, 0.1) is 24.2 Å². The number of nitrogens with zero attached hydrogens (tertiary/aromatic N) is 5. The predicted molar refractivity (Wildman–Crippen MR) is 115 cm³/mol. The Bertz CT molecular complexity index is 1110. The number of aryl methyl sites for hydroxylation is 1. The van der Waals surface area contributed by atoms with E-state index < -0.39 is 5.54 Å². The zero-order valence-electron chi connectivity index (χ0n) is 17.1. The van der Waals surface area contributed by atoms with Gasteiger partial charge in [0.2, 0.25) is 5.91 Å². The average Bonchev–Trinajstić information content (AvgIpc) is 3.15. The van der Waals surface area contributed by atoms with E-state index in [1.54, 1.807) is 11.9 Å². The third-order valence-corrected chi connectivity index (χ3v) is 7.14. The quantitative estimate of drug-likeness (QED) is 0.606. The highest BCUT2D eigenvalue weighted by Gasteiger charge is 2.40. The summed E-state index contributed by atoms with van der Waals surface area (Å²) in [6, 6.07) is 12.6. The molecule has 1 saturated carbocycles. The van der Waals surface area contributed by atoms with Gasteiger partial charge in [0.1, 0.15) is 5.54 Å². The molecule has 7 heteroatoms. The average molecular weight is 408 g/mol. The number of thioether (sulfide) groups is 1. The van der Waals surface area contributed by atoms with Crippen LogP contribution in [0.2, 0.25) is 0 Å². The topological polar surface area (TPSA) is 74.3 Å². The Morgan fingerprint density at radius 2 is 2.07 bits per heavy atom. The fourth-order valence-corrected chi connectivity index (χ4v) is 5.06. The third-order valence-electron chi connectivity index (χ3n) is 6.22. The van der Waals surface area contributed by atoms with Crippen molar-refractivity contribution >= 4 is 34.2 Å². The summed E-state index contributed by atoms with van der Waals surface area (Å²) in [7, 11) is 1.77. The van der Waals surface area contributed by atoms with Gasteiger partial charge in [-0.2, -0.15) is 5.26 Å². The normalized spacial score (nSPS) is 21.9. The summed E-state index contributed by atoms with van der Waals surface area (Å²) in [5.41, 5.74) is 2.28. The highest BCUT2D eigenvalue weighted by atomic mass is 32.2. The second-order valence-corrected chi connectivity index (χ2v) is 9.03. The summed E-state index contributed by atoms with van der Waals surface area (Å²) >= 11 is 1.38. The van der Waals surface area contributed by atoms with Gasteiger partial charge in [-0.25, -0.2) is 0 Å². The molecule has 29 heavy (non-hydrogen) atoms. The lowest BCUT2D eigenvalue weighted by atomic mass is 9.77. The summed E-state index contributed by atoms with van der Waals surface area (Å²) in [6.45, 7) is 4.27. The maximum absolute atomic E-state index is 12.9. The zero-order valence-corrected chi connectivity index (χ0v) is 17.9. The summed E-state index contributed by atoms with van der Waals surface area (Å²) in [4.78, 5) is 14.6. The van der Waals surface area contributed by atoms with E-state index in [2.05, 4.69) is 36.2 Å². The first-order valence-corrected chi connectivity index (χ1v) is 11.0. The number of carbonyl (C=O) groups excluding carboxylic acids is 1. The van der Waals surface area contributed by atoms with E-state index in [1.165, 1.54) is 11.8 Å². The number of hydrogen-bond acceptors (Lipinski definition) is 5. The van der Waals surface area contributed by atoms with Gasteiger partial charge in [0.25, 0.3) is 0 Å². The first-order chi connectivity index (χ1) is 13.9.